The first-order valence-electron chi connectivity index (χ1n) is 10.2. The number of fused-ring (bicyclic) bond motifs is 7. The molecule has 10 atom stereocenters. The lowest BCUT2D eigenvalue weighted by molar-refractivity contribution is -0.0567. The smallest absolute Gasteiger partial charge is 0.387 e. The zero-order valence-corrected chi connectivity index (χ0v) is 21.1. The largest absolute Gasteiger partial charge is 0.481 e. The van der Waals surface area contributed by atoms with Gasteiger partial charge in [-0.2, -0.15) is 4.31 Å². The molecule has 2 aromatic rings. The predicted octanol–water partition coefficient (Wildman–Crippen LogP) is -2.02. The van der Waals surface area contributed by atoms with Gasteiger partial charge in [0.25, 0.3) is 0 Å². The minimum Gasteiger partial charge on any atom is -0.387 e. The van der Waals surface area contributed by atoms with Crippen LogP contribution in [-0.2, 0) is 32.0 Å². The van der Waals surface area contributed by atoms with Crippen LogP contribution in [0.25, 0.3) is 11.2 Å². The van der Waals surface area contributed by atoms with Crippen molar-refractivity contribution in [3.05, 3.63) is 16.5 Å². The van der Waals surface area contributed by atoms with Gasteiger partial charge in [0.1, 0.15) is 43.0 Å². The van der Waals surface area contributed by atoms with Crippen molar-refractivity contribution in [3.8, 4) is 0 Å². The summed E-state index contributed by atoms with van der Waals surface area (Å²) in [7, 11) is -10.5. The van der Waals surface area contributed by atoms with Gasteiger partial charge in [-0.25, -0.2) is 19.1 Å². The van der Waals surface area contributed by atoms with Crippen molar-refractivity contribution in [2.24, 2.45) is 0 Å². The number of nitrogens with one attached hydrogen (secondary N) is 1. The number of phosphoric ester groups is 2. The Morgan fingerprint density at radius 3 is 2.06 bits per heavy atom. The lowest BCUT2D eigenvalue weighted by Crippen LogP contribution is -2.36. The Morgan fingerprint density at radius 2 is 1.47 bits per heavy atom. The standard InChI is InChI=1S/C15H20BrN5O13P2/c16-15-19-6-11(17)20-3-18-12(6)21(15)14-10(25)8(23)5(33-14)2-31-36(28,29)34-35(26,27)30-1-4-7(22)9(24)13(20)32-4/h3-5,7-10,13-14,17,22-25H,1-2H2,(H,26,27)(H,28,29)/t4-,5-,7-,8-,9-,10-,13-,14-/m1/s1. The fourth-order valence-corrected chi connectivity index (χ4v) is 6.72. The molecule has 2 unspecified atom stereocenters. The van der Waals surface area contributed by atoms with E-state index in [0.717, 1.165) is 10.9 Å². The third kappa shape index (κ3) is 4.52. The van der Waals surface area contributed by atoms with Crippen LogP contribution in [0.3, 0.4) is 0 Å². The van der Waals surface area contributed by atoms with Gasteiger partial charge in [0.05, 0.1) is 13.2 Å². The molecule has 200 valence electrons. The lowest BCUT2D eigenvalue weighted by atomic mass is 10.1. The normalized spacial score (nSPS) is 43.8. The lowest BCUT2D eigenvalue weighted by Gasteiger charge is -2.21. The Bertz CT molecular complexity index is 1340. The minimum absolute atomic E-state index is 0.0207. The van der Waals surface area contributed by atoms with Crippen LogP contribution in [0.15, 0.2) is 11.1 Å². The van der Waals surface area contributed by atoms with E-state index in [2.05, 4.69) is 39.3 Å². The van der Waals surface area contributed by atoms with Crippen molar-refractivity contribution in [1.82, 2.24) is 19.1 Å². The second kappa shape index (κ2) is 9.25. The highest BCUT2D eigenvalue weighted by molar-refractivity contribution is 9.10. The van der Waals surface area contributed by atoms with Crippen LogP contribution in [0.1, 0.15) is 12.5 Å². The minimum atomic E-state index is -5.27. The molecule has 21 heteroatoms. The van der Waals surface area contributed by atoms with Crippen LogP contribution in [0.5, 0.6) is 0 Å². The van der Waals surface area contributed by atoms with Crippen molar-refractivity contribution >= 4 is 42.7 Å². The number of nitrogens with zero attached hydrogens (tertiary/aromatic N) is 4. The first-order chi connectivity index (χ1) is 16.8. The van der Waals surface area contributed by atoms with Crippen LogP contribution in [0, 0.1) is 5.41 Å². The van der Waals surface area contributed by atoms with Crippen LogP contribution in [0.2, 0.25) is 0 Å². The summed E-state index contributed by atoms with van der Waals surface area (Å²) in [4.78, 5) is 28.1. The number of aliphatic hydroxyl groups is 4. The molecule has 2 saturated heterocycles. The Morgan fingerprint density at radius 1 is 0.944 bits per heavy atom. The maximum absolute atomic E-state index is 12.2. The number of rotatable bonds is 0. The molecule has 2 fully saturated rings. The Balaban J connectivity index is 1.61. The van der Waals surface area contributed by atoms with Gasteiger partial charge < -0.3 is 39.7 Å². The molecule has 2 aromatic heterocycles. The molecule has 36 heavy (non-hydrogen) atoms. The fraction of sp³-hybridized carbons (Fsp3) is 0.667. The van der Waals surface area contributed by atoms with Gasteiger partial charge in [-0.1, -0.05) is 0 Å². The topological polar surface area (TPSA) is 261 Å². The van der Waals surface area contributed by atoms with Gasteiger partial charge in [-0.15, -0.1) is 0 Å². The summed E-state index contributed by atoms with van der Waals surface area (Å²) in [5.41, 5.74) is -0.357. The fourth-order valence-electron chi connectivity index (χ4n) is 4.08. The van der Waals surface area contributed by atoms with Crippen molar-refractivity contribution in [2.45, 2.75) is 49.1 Å². The second-order valence-corrected chi connectivity index (χ2v) is 11.9. The van der Waals surface area contributed by atoms with E-state index in [0.29, 0.717) is 0 Å². The van der Waals surface area contributed by atoms with E-state index in [1.807, 2.05) is 0 Å². The number of halogens is 1. The first kappa shape index (κ1) is 26.5. The van der Waals surface area contributed by atoms with E-state index >= 15 is 0 Å². The van der Waals surface area contributed by atoms with E-state index < -0.39 is 77.9 Å². The Hall–Kier alpha value is -1.15. The Labute approximate surface area is 208 Å². The summed E-state index contributed by atoms with van der Waals surface area (Å²) in [6.45, 7) is -1.73. The molecule has 0 aliphatic carbocycles. The summed E-state index contributed by atoms with van der Waals surface area (Å²) in [6.07, 6.45) is -11.1. The molecule has 7 N–H and O–H groups in total. The molecule has 0 amide bonds. The quantitative estimate of drug-likeness (QED) is 0.124. The summed E-state index contributed by atoms with van der Waals surface area (Å²) in [5.74, 6) is 0. The predicted molar refractivity (Wildman–Crippen MR) is 114 cm³/mol. The first-order valence-corrected chi connectivity index (χ1v) is 14.0. The van der Waals surface area contributed by atoms with Gasteiger partial charge in [0.2, 0.25) is 0 Å². The maximum Gasteiger partial charge on any atom is 0.481 e. The highest BCUT2D eigenvalue weighted by atomic mass is 79.9. The van der Waals surface area contributed by atoms with E-state index in [1.54, 1.807) is 0 Å². The molecule has 8 bridgehead atoms. The number of hydrogen-bond acceptors (Lipinski definition) is 14. The summed E-state index contributed by atoms with van der Waals surface area (Å²) < 4.78 is 51.3. The number of phosphoric acid groups is 2. The average Bonchev–Trinajstić information content (AvgIpc) is 3.37. The van der Waals surface area contributed by atoms with Crippen molar-refractivity contribution in [2.75, 3.05) is 13.2 Å². The molecule has 18 nitrogen and oxygen atoms in total. The zero-order chi connectivity index (χ0) is 26.2. The highest BCUT2D eigenvalue weighted by Gasteiger charge is 2.49. The molecular formula is C15H20BrN5O13P2. The number of ether oxygens (including phenoxy) is 2. The average molecular weight is 620 g/mol. The molecule has 0 saturated carbocycles. The number of aliphatic hydroxyl groups excluding tert-OH is 4. The molecular weight excluding hydrogens is 600 g/mol. The molecule has 0 spiro atoms. The molecule has 4 aliphatic heterocycles. The number of imidazole rings is 1. The number of hydrogen-bond donors (Lipinski definition) is 7. The van der Waals surface area contributed by atoms with Gasteiger partial charge in [-0.05, 0) is 15.9 Å². The molecule has 0 radical (unpaired) electrons. The van der Waals surface area contributed by atoms with Gasteiger partial charge in [0, 0.05) is 0 Å². The molecule has 6 rings (SSSR count). The van der Waals surface area contributed by atoms with Gasteiger partial charge >= 0.3 is 15.6 Å². The maximum atomic E-state index is 12.2. The molecule has 6 heterocycles. The van der Waals surface area contributed by atoms with Gasteiger partial charge in [0.15, 0.2) is 33.8 Å². The highest BCUT2D eigenvalue weighted by Crippen LogP contribution is 2.60. The SMILES string of the molecule is N=c1c2nc(Br)n3c2ncn1[C@@H]1O[C@H](COP(=O)(O)OP(=O)(O)OC[C@H]2O[C@@H]3[C@H](O)[C@@H]2O)[C@@H](O)[C@H]1O. The van der Waals surface area contributed by atoms with Crippen LogP contribution in [-0.4, -0.2) is 99.2 Å². The summed E-state index contributed by atoms with van der Waals surface area (Å²) >= 11 is 3.19. The molecule has 4 aliphatic rings. The third-order valence-corrected chi connectivity index (χ3v) is 9.00. The van der Waals surface area contributed by atoms with Crippen LogP contribution >= 0.6 is 31.6 Å². The second-order valence-electron chi connectivity index (χ2n) is 8.13. The molecule has 0 aromatic carbocycles. The Kier molecular flexibility index (Phi) is 6.80. The van der Waals surface area contributed by atoms with E-state index in [1.165, 1.54) is 4.57 Å². The third-order valence-electron chi connectivity index (χ3n) is 5.84. The number of aromatic nitrogens is 4. The van der Waals surface area contributed by atoms with Gasteiger partial charge in [-0.3, -0.25) is 23.6 Å². The summed E-state index contributed by atoms with van der Waals surface area (Å²) in [6, 6.07) is 0. The summed E-state index contributed by atoms with van der Waals surface area (Å²) in [5, 5.41) is 50.3. The van der Waals surface area contributed by atoms with E-state index in [-0.39, 0.29) is 21.4 Å². The van der Waals surface area contributed by atoms with Crippen LogP contribution in [0.4, 0.5) is 0 Å². The van der Waals surface area contributed by atoms with E-state index in [9.17, 15) is 39.3 Å². The van der Waals surface area contributed by atoms with Crippen molar-refractivity contribution in [1.29, 1.82) is 5.41 Å². The zero-order valence-electron chi connectivity index (χ0n) is 17.7. The van der Waals surface area contributed by atoms with Crippen molar-refractivity contribution in [3.63, 3.8) is 0 Å². The van der Waals surface area contributed by atoms with E-state index in [4.69, 9.17) is 14.9 Å². The van der Waals surface area contributed by atoms with Crippen molar-refractivity contribution < 1.29 is 62.2 Å². The monoisotopic (exact) mass is 619 g/mol. The van der Waals surface area contributed by atoms with Crippen LogP contribution < -0.4 is 5.49 Å².